The summed E-state index contributed by atoms with van der Waals surface area (Å²) in [5, 5.41) is 19.8. The molecule has 12 heteroatoms. The number of aromatic amines is 1. The lowest BCUT2D eigenvalue weighted by atomic mass is 10.1. The molecule has 30 heavy (non-hydrogen) atoms. The van der Waals surface area contributed by atoms with E-state index >= 15 is 0 Å². The average Bonchev–Trinajstić information content (AvgIpc) is 3.35. The van der Waals surface area contributed by atoms with Crippen LogP contribution in [0.1, 0.15) is 11.9 Å². The van der Waals surface area contributed by atoms with Crippen LogP contribution in [0.3, 0.4) is 0 Å². The molecule has 0 aliphatic carbocycles. The van der Waals surface area contributed by atoms with E-state index in [1.807, 2.05) is 18.2 Å². The summed E-state index contributed by atoms with van der Waals surface area (Å²) in [7, 11) is 0. The van der Waals surface area contributed by atoms with Gasteiger partial charge in [0.25, 0.3) is 0 Å². The van der Waals surface area contributed by atoms with Gasteiger partial charge in [-0.3, -0.25) is 5.10 Å². The molecule has 0 saturated carbocycles. The number of benzene rings is 1. The van der Waals surface area contributed by atoms with Crippen molar-refractivity contribution in [3.63, 3.8) is 0 Å². The molecule has 5 rings (SSSR count). The molecule has 3 N–H and O–H groups in total. The second kappa shape index (κ2) is 6.92. The molecule has 9 nitrogen and oxygen atoms in total. The highest BCUT2D eigenvalue weighted by molar-refractivity contribution is 5.94. The van der Waals surface area contributed by atoms with Gasteiger partial charge in [0.2, 0.25) is 6.10 Å². The Kier molecular flexibility index (Phi) is 4.33. The number of alkyl halides is 3. The first-order valence-corrected chi connectivity index (χ1v) is 9.21. The average molecular weight is 419 g/mol. The molecule has 1 atom stereocenters. The summed E-state index contributed by atoms with van der Waals surface area (Å²) < 4.78 is 46.8. The molecule has 3 aromatic heterocycles. The van der Waals surface area contributed by atoms with Crippen LogP contribution in [0.4, 0.5) is 19.0 Å². The molecule has 0 fully saturated rings. The van der Waals surface area contributed by atoms with E-state index < -0.39 is 12.3 Å². The zero-order chi connectivity index (χ0) is 20.9. The van der Waals surface area contributed by atoms with Crippen LogP contribution in [-0.2, 0) is 11.3 Å². The van der Waals surface area contributed by atoms with Crippen molar-refractivity contribution in [2.75, 3.05) is 25.1 Å². The number of ether oxygens (including phenoxy) is 1. The highest BCUT2D eigenvalue weighted by Crippen LogP contribution is 2.39. The number of nitrogens with zero attached hydrogens (tertiary/aromatic N) is 5. The summed E-state index contributed by atoms with van der Waals surface area (Å²) in [6.07, 6.45) is -5.10. The number of nitrogens with one attached hydrogen (secondary N) is 2. The monoisotopic (exact) mass is 419 g/mol. The minimum Gasteiger partial charge on any atom is -0.395 e. The Bertz CT molecular complexity index is 1230. The number of hydrogen-bond acceptors (Lipinski definition) is 7. The minimum absolute atomic E-state index is 0.112. The van der Waals surface area contributed by atoms with E-state index in [2.05, 4.69) is 30.5 Å². The van der Waals surface area contributed by atoms with Crippen LogP contribution in [-0.4, -0.2) is 60.8 Å². The van der Waals surface area contributed by atoms with Gasteiger partial charge in [0.05, 0.1) is 24.9 Å². The van der Waals surface area contributed by atoms with Crippen LogP contribution >= 0.6 is 0 Å². The van der Waals surface area contributed by atoms with Gasteiger partial charge in [-0.1, -0.05) is 12.1 Å². The molecule has 156 valence electrons. The molecule has 0 bridgehead atoms. The lowest BCUT2D eigenvalue weighted by molar-refractivity contribution is -0.233. The molecule has 1 unspecified atom stereocenters. The molecule has 0 radical (unpaired) electrons. The van der Waals surface area contributed by atoms with E-state index in [0.29, 0.717) is 11.4 Å². The molecule has 0 amide bonds. The Morgan fingerprint density at radius 2 is 2.13 bits per heavy atom. The number of aliphatic hydroxyl groups excluding tert-OH is 1. The van der Waals surface area contributed by atoms with E-state index in [4.69, 9.17) is 4.74 Å². The molecular formula is C18H16F3N7O2. The van der Waals surface area contributed by atoms with Gasteiger partial charge in [0.15, 0.2) is 22.8 Å². The maximum atomic E-state index is 13.5. The fraction of sp³-hybridized carbons (Fsp3) is 0.333. The Morgan fingerprint density at radius 3 is 2.93 bits per heavy atom. The summed E-state index contributed by atoms with van der Waals surface area (Å²) in [4.78, 5) is 13.2. The Balaban J connectivity index is 1.75. The second-order valence-electron chi connectivity index (χ2n) is 6.77. The number of fused-ring (bicyclic) bond motifs is 4. The number of anilines is 1. The van der Waals surface area contributed by atoms with Crippen molar-refractivity contribution in [3.8, 4) is 11.4 Å². The van der Waals surface area contributed by atoms with Crippen LogP contribution in [0.15, 0.2) is 24.4 Å². The van der Waals surface area contributed by atoms with Gasteiger partial charge in [0, 0.05) is 24.0 Å². The van der Waals surface area contributed by atoms with Crippen molar-refractivity contribution < 1.29 is 23.0 Å². The standard InChI is InChI=1S/C18H16F3N7O2/c19-18(20,21)13-17-24-12-15(22-4-6-29)25-14(26-16(12)28(17)5-7-30-13)9-2-1-3-11-10(9)8-23-27-11/h1-3,8,13,29H,4-7H2,(H,23,27)(H,22,25,26). The first-order valence-electron chi connectivity index (χ1n) is 9.21. The summed E-state index contributed by atoms with van der Waals surface area (Å²) >= 11 is 0. The molecular weight excluding hydrogens is 403 g/mol. The fourth-order valence-corrected chi connectivity index (χ4v) is 3.60. The van der Waals surface area contributed by atoms with E-state index in [1.165, 1.54) is 4.57 Å². The molecule has 4 aromatic rings. The van der Waals surface area contributed by atoms with Crippen molar-refractivity contribution >= 4 is 27.9 Å². The minimum atomic E-state index is -4.60. The van der Waals surface area contributed by atoms with Crippen molar-refractivity contribution in [2.24, 2.45) is 0 Å². The number of aliphatic hydroxyl groups is 1. The normalized spacial score (nSPS) is 16.9. The highest BCUT2D eigenvalue weighted by atomic mass is 19.4. The fourth-order valence-electron chi connectivity index (χ4n) is 3.60. The lowest BCUT2D eigenvalue weighted by Gasteiger charge is -2.25. The van der Waals surface area contributed by atoms with Gasteiger partial charge >= 0.3 is 6.18 Å². The molecule has 1 aliphatic heterocycles. The number of hydrogen-bond donors (Lipinski definition) is 3. The summed E-state index contributed by atoms with van der Waals surface area (Å²) in [5.41, 5.74) is 1.92. The Hall–Kier alpha value is -3.25. The van der Waals surface area contributed by atoms with Crippen LogP contribution in [0.25, 0.3) is 33.5 Å². The number of aromatic nitrogens is 6. The number of H-pyrrole nitrogens is 1. The van der Waals surface area contributed by atoms with Crippen molar-refractivity contribution in [2.45, 2.75) is 18.8 Å². The van der Waals surface area contributed by atoms with E-state index in [9.17, 15) is 18.3 Å². The number of halogens is 3. The van der Waals surface area contributed by atoms with Crippen LogP contribution in [0.5, 0.6) is 0 Å². The first-order chi connectivity index (χ1) is 14.5. The van der Waals surface area contributed by atoms with Gasteiger partial charge in [-0.15, -0.1) is 0 Å². The predicted octanol–water partition coefficient (Wildman–Crippen LogP) is 2.41. The summed E-state index contributed by atoms with van der Waals surface area (Å²) in [6.45, 7) is 0.0474. The third kappa shape index (κ3) is 2.95. The van der Waals surface area contributed by atoms with E-state index in [0.717, 1.165) is 10.9 Å². The van der Waals surface area contributed by atoms with E-state index in [1.54, 1.807) is 6.20 Å². The molecule has 1 aromatic carbocycles. The van der Waals surface area contributed by atoms with Crippen molar-refractivity contribution in [1.82, 2.24) is 29.7 Å². The predicted molar refractivity (Wildman–Crippen MR) is 101 cm³/mol. The van der Waals surface area contributed by atoms with Crippen LogP contribution < -0.4 is 5.32 Å². The van der Waals surface area contributed by atoms with Crippen molar-refractivity contribution in [3.05, 3.63) is 30.2 Å². The quantitative estimate of drug-likeness (QED) is 0.465. The van der Waals surface area contributed by atoms with Crippen molar-refractivity contribution in [1.29, 1.82) is 0 Å². The maximum absolute atomic E-state index is 13.5. The molecule has 0 saturated heterocycles. The molecule has 4 heterocycles. The topological polar surface area (TPSA) is 114 Å². The number of rotatable bonds is 4. The first kappa shape index (κ1) is 18.8. The summed E-state index contributed by atoms with van der Waals surface area (Å²) in [5.74, 6) is 0.295. The lowest BCUT2D eigenvalue weighted by Crippen LogP contribution is -2.32. The van der Waals surface area contributed by atoms with Gasteiger partial charge < -0.3 is 19.7 Å². The zero-order valence-electron chi connectivity index (χ0n) is 15.4. The van der Waals surface area contributed by atoms with Gasteiger partial charge in [-0.2, -0.15) is 18.3 Å². The zero-order valence-corrected chi connectivity index (χ0v) is 15.4. The Morgan fingerprint density at radius 1 is 1.27 bits per heavy atom. The van der Waals surface area contributed by atoms with Gasteiger partial charge in [-0.05, 0) is 6.07 Å². The molecule has 1 aliphatic rings. The van der Waals surface area contributed by atoms with Gasteiger partial charge in [-0.25, -0.2) is 15.0 Å². The SMILES string of the molecule is OCCNc1nc(-c2cccc3[nH]ncc23)nc2c1nc1n2CCOC1C(F)(F)F. The number of imidazole rings is 1. The second-order valence-corrected chi connectivity index (χ2v) is 6.77. The third-order valence-corrected chi connectivity index (χ3v) is 4.89. The Labute approximate surface area is 166 Å². The maximum Gasteiger partial charge on any atom is 0.421 e. The summed E-state index contributed by atoms with van der Waals surface area (Å²) in [6, 6.07) is 5.47. The largest absolute Gasteiger partial charge is 0.421 e. The highest BCUT2D eigenvalue weighted by Gasteiger charge is 2.47. The smallest absolute Gasteiger partial charge is 0.395 e. The molecule has 0 spiro atoms. The van der Waals surface area contributed by atoms with Crippen LogP contribution in [0, 0.1) is 0 Å². The van der Waals surface area contributed by atoms with Gasteiger partial charge in [0.1, 0.15) is 5.82 Å². The van der Waals surface area contributed by atoms with E-state index in [-0.39, 0.29) is 49.1 Å². The van der Waals surface area contributed by atoms with Crippen LogP contribution in [0.2, 0.25) is 0 Å². The third-order valence-electron chi connectivity index (χ3n) is 4.89.